The molecule has 3 aromatic carbocycles. The van der Waals surface area contributed by atoms with Gasteiger partial charge in [0, 0.05) is 11.6 Å². The second-order valence-corrected chi connectivity index (χ2v) is 10.3. The van der Waals surface area contributed by atoms with E-state index in [-0.39, 0.29) is 18.0 Å². The fourth-order valence-electron chi connectivity index (χ4n) is 3.17. The summed E-state index contributed by atoms with van der Waals surface area (Å²) in [4.78, 5) is 12.9. The van der Waals surface area contributed by atoms with Gasteiger partial charge in [-0.05, 0) is 60.4 Å². The molecule has 0 radical (unpaired) electrons. The van der Waals surface area contributed by atoms with Crippen LogP contribution in [0.4, 0.5) is 5.69 Å². The maximum absolute atomic E-state index is 13.4. The number of carbonyl (C=O) groups excluding carboxylic acids is 1. The number of halogens is 1. The molecule has 7 heteroatoms. The molecule has 0 aliphatic carbocycles. The molecule has 0 fully saturated rings. The second-order valence-electron chi connectivity index (χ2n) is 7.97. The van der Waals surface area contributed by atoms with E-state index in [9.17, 15) is 13.2 Å². The number of hydrogen-bond donors (Lipinski definition) is 1. The quantitative estimate of drug-likeness (QED) is 0.486. The molecule has 0 aliphatic rings. The van der Waals surface area contributed by atoms with Crippen molar-refractivity contribution in [2.45, 2.75) is 38.1 Å². The molecule has 168 valence electrons. The van der Waals surface area contributed by atoms with E-state index >= 15 is 0 Å². The number of benzene rings is 3. The van der Waals surface area contributed by atoms with Gasteiger partial charge in [-0.3, -0.25) is 9.10 Å². The van der Waals surface area contributed by atoms with Gasteiger partial charge in [-0.25, -0.2) is 8.42 Å². The molecule has 0 bridgehead atoms. The van der Waals surface area contributed by atoms with Crippen molar-refractivity contribution in [2.75, 3.05) is 10.8 Å². The van der Waals surface area contributed by atoms with Crippen LogP contribution in [0.1, 0.15) is 36.5 Å². The van der Waals surface area contributed by atoms with Gasteiger partial charge >= 0.3 is 0 Å². The van der Waals surface area contributed by atoms with Gasteiger partial charge in [-0.1, -0.05) is 67.4 Å². The molecule has 0 spiro atoms. The molecular weight excluding hydrogens is 444 g/mol. The second kappa shape index (κ2) is 10.2. The first-order valence-corrected chi connectivity index (χ1v) is 12.2. The maximum atomic E-state index is 13.4. The number of nitrogens with one attached hydrogen (secondary N) is 1. The predicted molar refractivity (Wildman–Crippen MR) is 130 cm³/mol. The summed E-state index contributed by atoms with van der Waals surface area (Å²) in [5.41, 5.74) is 3.36. The molecule has 0 saturated heterocycles. The van der Waals surface area contributed by atoms with Gasteiger partial charge in [0.25, 0.3) is 10.0 Å². The van der Waals surface area contributed by atoms with Gasteiger partial charge in [0.05, 0.1) is 10.6 Å². The Morgan fingerprint density at radius 2 is 1.53 bits per heavy atom. The Bertz CT molecular complexity index is 1160. The summed E-state index contributed by atoms with van der Waals surface area (Å²) in [6.45, 7) is 5.98. The first-order chi connectivity index (χ1) is 15.2. The smallest absolute Gasteiger partial charge is 0.264 e. The lowest BCUT2D eigenvalue weighted by molar-refractivity contribution is -0.119. The van der Waals surface area contributed by atoms with Gasteiger partial charge < -0.3 is 5.32 Å². The van der Waals surface area contributed by atoms with E-state index in [1.165, 1.54) is 0 Å². The van der Waals surface area contributed by atoms with Crippen LogP contribution in [0.15, 0.2) is 77.7 Å². The van der Waals surface area contributed by atoms with Crippen LogP contribution in [0.5, 0.6) is 0 Å². The summed E-state index contributed by atoms with van der Waals surface area (Å²) in [6.07, 6.45) is 0. The summed E-state index contributed by atoms with van der Waals surface area (Å²) in [5.74, 6) is -0.0857. The van der Waals surface area contributed by atoms with Crippen molar-refractivity contribution in [3.63, 3.8) is 0 Å². The molecule has 1 amide bonds. The summed E-state index contributed by atoms with van der Waals surface area (Å²) in [5, 5.41) is 3.40. The highest BCUT2D eigenvalue weighted by Crippen LogP contribution is 2.26. The van der Waals surface area contributed by atoms with E-state index < -0.39 is 15.9 Å². The average Bonchev–Trinajstić information content (AvgIpc) is 2.77. The zero-order valence-electron chi connectivity index (χ0n) is 18.4. The number of carbonyl (C=O) groups is 1. The summed E-state index contributed by atoms with van der Waals surface area (Å²) >= 11 is 5.90. The Labute approximate surface area is 195 Å². The van der Waals surface area contributed by atoms with Crippen LogP contribution in [-0.4, -0.2) is 20.9 Å². The number of amides is 1. The molecule has 0 aliphatic heterocycles. The SMILES string of the molecule is Cc1ccc(S(=O)(=O)N(CC(=O)NCc2ccc(Cl)cc2)c2ccc(C(C)C)cc2)cc1. The molecule has 1 N–H and O–H groups in total. The number of hydrogen-bond acceptors (Lipinski definition) is 3. The highest BCUT2D eigenvalue weighted by atomic mass is 35.5. The lowest BCUT2D eigenvalue weighted by atomic mass is 10.0. The van der Waals surface area contributed by atoms with Gasteiger partial charge in [-0.15, -0.1) is 0 Å². The predicted octanol–water partition coefficient (Wildman–Crippen LogP) is 5.28. The number of sulfonamides is 1. The Balaban J connectivity index is 1.86. The van der Waals surface area contributed by atoms with E-state index in [1.807, 2.05) is 31.2 Å². The third kappa shape index (κ3) is 5.90. The minimum Gasteiger partial charge on any atom is -0.350 e. The molecule has 5 nitrogen and oxygen atoms in total. The van der Waals surface area contributed by atoms with E-state index in [4.69, 9.17) is 11.6 Å². The van der Waals surface area contributed by atoms with Crippen LogP contribution in [0.2, 0.25) is 5.02 Å². The number of nitrogens with zero attached hydrogens (tertiary/aromatic N) is 1. The molecule has 0 saturated carbocycles. The minimum atomic E-state index is -3.93. The maximum Gasteiger partial charge on any atom is 0.264 e. The first-order valence-electron chi connectivity index (χ1n) is 10.4. The van der Waals surface area contributed by atoms with Gasteiger partial charge in [0.2, 0.25) is 5.91 Å². The Morgan fingerprint density at radius 3 is 2.09 bits per heavy atom. The number of anilines is 1. The monoisotopic (exact) mass is 470 g/mol. The average molecular weight is 471 g/mol. The normalized spacial score (nSPS) is 11.4. The molecule has 32 heavy (non-hydrogen) atoms. The zero-order valence-corrected chi connectivity index (χ0v) is 20.0. The third-order valence-corrected chi connectivity index (χ3v) is 7.19. The van der Waals surface area contributed by atoms with Gasteiger partial charge in [0.15, 0.2) is 0 Å². The molecule has 0 heterocycles. The Morgan fingerprint density at radius 1 is 0.938 bits per heavy atom. The van der Waals surface area contributed by atoms with Crippen molar-refractivity contribution in [3.8, 4) is 0 Å². The van der Waals surface area contributed by atoms with Gasteiger partial charge in [0.1, 0.15) is 6.54 Å². The van der Waals surface area contributed by atoms with Crippen LogP contribution in [0.25, 0.3) is 0 Å². The highest BCUT2D eigenvalue weighted by molar-refractivity contribution is 7.92. The van der Waals surface area contributed by atoms with Crippen LogP contribution in [0.3, 0.4) is 0 Å². The molecule has 3 rings (SSSR count). The molecular formula is C25H27ClN2O3S. The van der Waals surface area contributed by atoms with Crippen molar-refractivity contribution in [1.29, 1.82) is 0 Å². The van der Waals surface area contributed by atoms with E-state index in [1.54, 1.807) is 48.5 Å². The van der Waals surface area contributed by atoms with Crippen molar-refractivity contribution in [2.24, 2.45) is 0 Å². The third-order valence-electron chi connectivity index (χ3n) is 5.15. The Hall–Kier alpha value is -2.83. The molecule has 0 atom stereocenters. The standard InChI is InChI=1S/C25H27ClN2O3S/c1-18(2)21-8-12-23(13-9-21)28(32(30,31)24-14-4-19(3)5-15-24)17-25(29)27-16-20-6-10-22(26)11-7-20/h4-15,18H,16-17H2,1-3H3,(H,27,29). The van der Waals surface area contributed by atoms with Crippen molar-refractivity contribution >= 4 is 33.2 Å². The van der Waals surface area contributed by atoms with Crippen molar-refractivity contribution in [3.05, 3.63) is 94.5 Å². The first kappa shape index (κ1) is 23.8. The summed E-state index contributed by atoms with van der Waals surface area (Å²) < 4.78 is 28.0. The highest BCUT2D eigenvalue weighted by Gasteiger charge is 2.27. The topological polar surface area (TPSA) is 66.5 Å². The van der Waals surface area contributed by atoms with Crippen LogP contribution in [-0.2, 0) is 21.4 Å². The van der Waals surface area contributed by atoms with E-state index in [0.29, 0.717) is 16.6 Å². The molecule has 3 aromatic rings. The fraction of sp³-hybridized carbons (Fsp3) is 0.240. The van der Waals surface area contributed by atoms with Crippen molar-refractivity contribution < 1.29 is 13.2 Å². The van der Waals surface area contributed by atoms with E-state index in [0.717, 1.165) is 21.0 Å². The summed E-state index contributed by atoms with van der Waals surface area (Å²) in [6, 6.07) is 21.0. The van der Waals surface area contributed by atoms with Gasteiger partial charge in [-0.2, -0.15) is 0 Å². The van der Waals surface area contributed by atoms with E-state index in [2.05, 4.69) is 19.2 Å². The van der Waals surface area contributed by atoms with Crippen LogP contribution >= 0.6 is 11.6 Å². The molecule has 0 unspecified atom stereocenters. The lowest BCUT2D eigenvalue weighted by Gasteiger charge is -2.24. The van der Waals surface area contributed by atoms with Crippen LogP contribution in [0, 0.1) is 6.92 Å². The number of rotatable bonds is 8. The Kier molecular flexibility index (Phi) is 7.59. The van der Waals surface area contributed by atoms with Crippen molar-refractivity contribution in [1.82, 2.24) is 5.32 Å². The summed E-state index contributed by atoms with van der Waals surface area (Å²) in [7, 11) is -3.93. The van der Waals surface area contributed by atoms with Crippen LogP contribution < -0.4 is 9.62 Å². The zero-order chi connectivity index (χ0) is 23.3. The fourth-order valence-corrected chi connectivity index (χ4v) is 4.71. The molecule has 0 aromatic heterocycles. The minimum absolute atomic E-state index is 0.140. The number of aryl methyl sites for hydroxylation is 1. The largest absolute Gasteiger partial charge is 0.350 e. The lowest BCUT2D eigenvalue weighted by Crippen LogP contribution is -2.40.